The van der Waals surface area contributed by atoms with Gasteiger partial charge in [-0.15, -0.1) is 5.10 Å². The smallest absolute Gasteiger partial charge is 0.251 e. The molecule has 1 heterocycles. The lowest BCUT2D eigenvalue weighted by Crippen LogP contribution is -2.43. The Hall–Kier alpha value is -1.91. The van der Waals surface area contributed by atoms with E-state index in [2.05, 4.69) is 29.5 Å². The maximum absolute atomic E-state index is 12.5. The Morgan fingerprint density at radius 1 is 1.36 bits per heavy atom. The number of carbonyl (C=O) groups excluding carboxylic acids is 1. The van der Waals surface area contributed by atoms with Gasteiger partial charge in [0, 0.05) is 18.2 Å². The molecule has 5 heteroatoms. The van der Waals surface area contributed by atoms with Crippen molar-refractivity contribution in [2.45, 2.75) is 52.6 Å². The third kappa shape index (κ3) is 2.72. The normalized spacial score (nSPS) is 25.3. The first-order valence-corrected chi connectivity index (χ1v) is 8.24. The molecule has 1 fully saturated rings. The van der Waals surface area contributed by atoms with Gasteiger partial charge in [0.15, 0.2) is 0 Å². The second-order valence-corrected chi connectivity index (χ2v) is 6.46. The predicted octanol–water partition coefficient (Wildman–Crippen LogP) is 3.01. The number of benzene rings is 1. The SMILES string of the molecule is CCn1nnc2cc(C(=O)NC3CCCC(C)C3C)ccc21. The van der Waals surface area contributed by atoms with Crippen molar-refractivity contribution in [3.05, 3.63) is 23.8 Å². The molecular formula is C17H24N4O. The number of hydrogen-bond acceptors (Lipinski definition) is 3. The summed E-state index contributed by atoms with van der Waals surface area (Å²) in [4.78, 5) is 12.5. The average Bonchev–Trinajstić information content (AvgIpc) is 2.94. The molecule has 1 aromatic heterocycles. The molecule has 22 heavy (non-hydrogen) atoms. The van der Waals surface area contributed by atoms with Gasteiger partial charge >= 0.3 is 0 Å². The summed E-state index contributed by atoms with van der Waals surface area (Å²) in [7, 11) is 0. The van der Waals surface area contributed by atoms with E-state index in [-0.39, 0.29) is 11.9 Å². The fourth-order valence-electron chi connectivity index (χ4n) is 3.38. The first-order chi connectivity index (χ1) is 10.6. The summed E-state index contributed by atoms with van der Waals surface area (Å²) in [5, 5.41) is 11.4. The highest BCUT2D eigenvalue weighted by Crippen LogP contribution is 2.29. The molecule has 0 radical (unpaired) electrons. The summed E-state index contributed by atoms with van der Waals surface area (Å²) in [6, 6.07) is 5.91. The third-order valence-corrected chi connectivity index (χ3v) is 5.10. The molecule has 0 aliphatic heterocycles. The zero-order valence-corrected chi connectivity index (χ0v) is 13.5. The first-order valence-electron chi connectivity index (χ1n) is 8.24. The van der Waals surface area contributed by atoms with Crippen LogP contribution in [0.25, 0.3) is 11.0 Å². The lowest BCUT2D eigenvalue weighted by Gasteiger charge is -2.34. The second-order valence-electron chi connectivity index (χ2n) is 6.46. The maximum Gasteiger partial charge on any atom is 0.251 e. The number of nitrogens with zero attached hydrogens (tertiary/aromatic N) is 3. The van der Waals surface area contributed by atoms with Gasteiger partial charge in [0.25, 0.3) is 5.91 Å². The summed E-state index contributed by atoms with van der Waals surface area (Å²) in [6.45, 7) is 7.32. The summed E-state index contributed by atoms with van der Waals surface area (Å²) in [5.74, 6) is 1.20. The van der Waals surface area contributed by atoms with Crippen molar-refractivity contribution in [3.63, 3.8) is 0 Å². The monoisotopic (exact) mass is 300 g/mol. The molecule has 1 amide bonds. The number of nitrogens with one attached hydrogen (secondary N) is 1. The highest BCUT2D eigenvalue weighted by Gasteiger charge is 2.28. The van der Waals surface area contributed by atoms with Crippen LogP contribution in [0.5, 0.6) is 0 Å². The standard InChI is InChI=1S/C17H24N4O/c1-4-21-16-9-8-13(10-15(16)19-20-21)17(22)18-14-7-5-6-11(2)12(14)3/h8-12,14H,4-7H2,1-3H3,(H,18,22). The van der Waals surface area contributed by atoms with Crippen molar-refractivity contribution in [2.75, 3.05) is 0 Å². The van der Waals surface area contributed by atoms with Crippen molar-refractivity contribution in [1.29, 1.82) is 0 Å². The van der Waals surface area contributed by atoms with Crippen LogP contribution in [0.3, 0.4) is 0 Å². The van der Waals surface area contributed by atoms with E-state index >= 15 is 0 Å². The predicted molar refractivity (Wildman–Crippen MR) is 86.6 cm³/mol. The van der Waals surface area contributed by atoms with Crippen LogP contribution >= 0.6 is 0 Å². The first kappa shape index (κ1) is 15.0. The van der Waals surface area contributed by atoms with Gasteiger partial charge in [-0.05, 0) is 43.4 Å². The number of hydrogen-bond donors (Lipinski definition) is 1. The van der Waals surface area contributed by atoms with E-state index in [1.165, 1.54) is 12.8 Å². The topological polar surface area (TPSA) is 59.8 Å². The van der Waals surface area contributed by atoms with Crippen molar-refractivity contribution in [1.82, 2.24) is 20.3 Å². The molecule has 1 aliphatic rings. The van der Waals surface area contributed by atoms with Crippen LogP contribution in [0.1, 0.15) is 50.4 Å². The van der Waals surface area contributed by atoms with E-state index in [1.807, 2.05) is 29.8 Å². The number of aromatic nitrogens is 3. The maximum atomic E-state index is 12.5. The molecule has 3 atom stereocenters. The number of amides is 1. The van der Waals surface area contributed by atoms with Gasteiger partial charge in [0.05, 0.1) is 5.52 Å². The van der Waals surface area contributed by atoms with Gasteiger partial charge in [-0.25, -0.2) is 4.68 Å². The van der Waals surface area contributed by atoms with Crippen molar-refractivity contribution in [3.8, 4) is 0 Å². The quantitative estimate of drug-likeness (QED) is 0.948. The second kappa shape index (κ2) is 6.07. The van der Waals surface area contributed by atoms with E-state index in [0.717, 1.165) is 24.0 Å². The molecule has 118 valence electrons. The Morgan fingerprint density at radius 3 is 2.95 bits per heavy atom. The number of aryl methyl sites for hydroxylation is 1. The van der Waals surface area contributed by atoms with E-state index in [4.69, 9.17) is 0 Å². The van der Waals surface area contributed by atoms with Crippen LogP contribution < -0.4 is 5.32 Å². The minimum Gasteiger partial charge on any atom is -0.349 e. The van der Waals surface area contributed by atoms with Crippen LogP contribution in [-0.4, -0.2) is 26.9 Å². The molecule has 5 nitrogen and oxygen atoms in total. The summed E-state index contributed by atoms with van der Waals surface area (Å²) in [6.07, 6.45) is 3.53. The summed E-state index contributed by atoms with van der Waals surface area (Å²) in [5.41, 5.74) is 2.42. The van der Waals surface area contributed by atoms with Gasteiger partial charge in [0.1, 0.15) is 5.52 Å². The largest absolute Gasteiger partial charge is 0.349 e. The molecule has 2 aromatic rings. The fourth-order valence-corrected chi connectivity index (χ4v) is 3.38. The summed E-state index contributed by atoms with van der Waals surface area (Å²) >= 11 is 0. The fraction of sp³-hybridized carbons (Fsp3) is 0.588. The van der Waals surface area contributed by atoms with Crippen LogP contribution in [-0.2, 0) is 6.54 Å². The lowest BCUT2D eigenvalue weighted by atomic mass is 9.78. The minimum absolute atomic E-state index is 0.00102. The zero-order chi connectivity index (χ0) is 15.7. The van der Waals surface area contributed by atoms with Gasteiger partial charge in [-0.3, -0.25) is 4.79 Å². The Morgan fingerprint density at radius 2 is 2.18 bits per heavy atom. The van der Waals surface area contributed by atoms with Gasteiger partial charge < -0.3 is 5.32 Å². The average molecular weight is 300 g/mol. The lowest BCUT2D eigenvalue weighted by molar-refractivity contribution is 0.0891. The highest BCUT2D eigenvalue weighted by molar-refractivity contribution is 5.97. The Balaban J connectivity index is 1.77. The molecule has 1 saturated carbocycles. The van der Waals surface area contributed by atoms with Crippen molar-refractivity contribution < 1.29 is 4.79 Å². The number of fused-ring (bicyclic) bond motifs is 1. The Labute approximate surface area is 131 Å². The van der Waals surface area contributed by atoms with Crippen molar-refractivity contribution in [2.24, 2.45) is 11.8 Å². The molecule has 0 spiro atoms. The van der Waals surface area contributed by atoms with Gasteiger partial charge in [-0.2, -0.15) is 0 Å². The minimum atomic E-state index is -0.00102. The van der Waals surface area contributed by atoms with Crippen LogP contribution in [0.4, 0.5) is 0 Å². The molecule has 0 saturated heterocycles. The van der Waals surface area contributed by atoms with E-state index in [9.17, 15) is 4.79 Å². The van der Waals surface area contributed by atoms with E-state index < -0.39 is 0 Å². The van der Waals surface area contributed by atoms with Crippen molar-refractivity contribution >= 4 is 16.9 Å². The van der Waals surface area contributed by atoms with Crippen LogP contribution in [0.15, 0.2) is 18.2 Å². The van der Waals surface area contributed by atoms with Gasteiger partial charge in [0.2, 0.25) is 0 Å². The Kier molecular flexibility index (Phi) is 4.14. The molecular weight excluding hydrogens is 276 g/mol. The van der Waals surface area contributed by atoms with E-state index in [0.29, 0.717) is 17.4 Å². The summed E-state index contributed by atoms with van der Waals surface area (Å²) < 4.78 is 1.84. The molecule has 0 bridgehead atoms. The van der Waals surface area contributed by atoms with Crippen LogP contribution in [0, 0.1) is 11.8 Å². The number of rotatable bonds is 3. The molecule has 3 rings (SSSR count). The highest BCUT2D eigenvalue weighted by atomic mass is 16.1. The zero-order valence-electron chi connectivity index (χ0n) is 13.5. The van der Waals surface area contributed by atoms with Gasteiger partial charge in [-0.1, -0.05) is 31.9 Å². The molecule has 1 N–H and O–H groups in total. The molecule has 1 aromatic carbocycles. The van der Waals surface area contributed by atoms with E-state index in [1.54, 1.807) is 0 Å². The number of carbonyl (C=O) groups is 1. The molecule has 3 unspecified atom stereocenters. The molecule has 1 aliphatic carbocycles. The van der Waals surface area contributed by atoms with Crippen LogP contribution in [0.2, 0.25) is 0 Å². The Bertz CT molecular complexity index is 678. The third-order valence-electron chi connectivity index (χ3n) is 5.10.